The second-order valence-electron chi connectivity index (χ2n) is 4.20. The van der Waals surface area contributed by atoms with Gasteiger partial charge in [-0.2, -0.15) is 0 Å². The third-order valence-corrected chi connectivity index (χ3v) is 2.70. The Hall–Kier alpha value is -1.88. The molecule has 1 rings (SSSR count). The Morgan fingerprint density at radius 3 is 2.63 bits per heavy atom. The van der Waals surface area contributed by atoms with E-state index in [1.807, 2.05) is 6.92 Å². The van der Waals surface area contributed by atoms with Crippen LogP contribution in [0.25, 0.3) is 0 Å². The normalized spacial score (nSPS) is 10.2. The molecule has 3 N–H and O–H groups in total. The Labute approximate surface area is 113 Å². The Balaban J connectivity index is 2.42. The molecule has 0 aliphatic rings. The molecule has 1 aromatic rings. The molecule has 1 aromatic carbocycles. The van der Waals surface area contributed by atoms with E-state index in [1.165, 1.54) is 6.07 Å². The van der Waals surface area contributed by atoms with Gasteiger partial charge in [0.25, 0.3) is 0 Å². The summed E-state index contributed by atoms with van der Waals surface area (Å²) in [6.45, 7) is 4.41. The third-order valence-electron chi connectivity index (χ3n) is 2.70. The van der Waals surface area contributed by atoms with Crippen LogP contribution in [0.3, 0.4) is 0 Å². The molecule has 0 saturated heterocycles. The standard InChI is InChI=1S/C14H20N2O3/c1-2-15-8-5-9-16-13(17)10-11-6-3-4-7-12(11)14(18)19/h3-4,6-7,15H,2,5,8-10H2,1H3,(H,16,17)(H,18,19). The van der Waals surface area contributed by atoms with Gasteiger partial charge in [-0.1, -0.05) is 25.1 Å². The number of nitrogens with one attached hydrogen (secondary N) is 2. The first kappa shape index (κ1) is 15.2. The van der Waals surface area contributed by atoms with Crippen molar-refractivity contribution in [3.05, 3.63) is 35.4 Å². The van der Waals surface area contributed by atoms with E-state index in [4.69, 9.17) is 5.11 Å². The van der Waals surface area contributed by atoms with Gasteiger partial charge >= 0.3 is 5.97 Å². The summed E-state index contributed by atoms with van der Waals surface area (Å²) in [5, 5.41) is 15.0. The summed E-state index contributed by atoms with van der Waals surface area (Å²) >= 11 is 0. The molecule has 0 bridgehead atoms. The van der Waals surface area contributed by atoms with Crippen molar-refractivity contribution in [2.24, 2.45) is 0 Å². The van der Waals surface area contributed by atoms with Crippen molar-refractivity contribution in [2.45, 2.75) is 19.8 Å². The lowest BCUT2D eigenvalue weighted by molar-refractivity contribution is -0.120. The molecule has 0 aliphatic carbocycles. The first-order chi connectivity index (χ1) is 9.15. The molecule has 0 fully saturated rings. The number of carbonyl (C=O) groups excluding carboxylic acids is 1. The molecular weight excluding hydrogens is 244 g/mol. The molecule has 0 heterocycles. The van der Waals surface area contributed by atoms with Gasteiger partial charge in [-0.25, -0.2) is 4.79 Å². The number of aromatic carboxylic acids is 1. The van der Waals surface area contributed by atoms with Gasteiger partial charge in [0.05, 0.1) is 12.0 Å². The number of benzene rings is 1. The molecule has 0 saturated carbocycles. The number of rotatable bonds is 8. The Kier molecular flexibility index (Phi) is 6.60. The van der Waals surface area contributed by atoms with Crippen molar-refractivity contribution < 1.29 is 14.7 Å². The van der Waals surface area contributed by atoms with Crippen LogP contribution in [0.1, 0.15) is 29.3 Å². The fourth-order valence-corrected chi connectivity index (χ4v) is 1.74. The van der Waals surface area contributed by atoms with Crippen molar-refractivity contribution in [3.8, 4) is 0 Å². The van der Waals surface area contributed by atoms with Gasteiger partial charge in [-0.05, 0) is 31.1 Å². The molecule has 1 amide bonds. The maximum absolute atomic E-state index is 11.7. The summed E-state index contributed by atoms with van der Waals surface area (Å²) in [4.78, 5) is 22.7. The largest absolute Gasteiger partial charge is 0.478 e. The maximum atomic E-state index is 11.7. The lowest BCUT2D eigenvalue weighted by atomic mass is 10.0. The Bertz CT molecular complexity index is 432. The minimum Gasteiger partial charge on any atom is -0.478 e. The minimum atomic E-state index is -1.00. The average Bonchev–Trinajstić information content (AvgIpc) is 2.39. The smallest absolute Gasteiger partial charge is 0.335 e. The van der Waals surface area contributed by atoms with Crippen LogP contribution in [-0.4, -0.2) is 36.6 Å². The lowest BCUT2D eigenvalue weighted by Gasteiger charge is -2.07. The summed E-state index contributed by atoms with van der Waals surface area (Å²) < 4.78 is 0. The highest BCUT2D eigenvalue weighted by molar-refractivity contribution is 5.91. The van der Waals surface area contributed by atoms with Crippen molar-refractivity contribution in [3.63, 3.8) is 0 Å². The molecule has 0 aliphatic heterocycles. The Morgan fingerprint density at radius 2 is 1.95 bits per heavy atom. The van der Waals surface area contributed by atoms with E-state index in [0.717, 1.165) is 19.5 Å². The van der Waals surface area contributed by atoms with Crippen LogP contribution in [0.15, 0.2) is 24.3 Å². The minimum absolute atomic E-state index is 0.101. The van der Waals surface area contributed by atoms with Crippen LogP contribution in [0.2, 0.25) is 0 Å². The summed E-state index contributed by atoms with van der Waals surface area (Å²) in [5.41, 5.74) is 0.726. The molecule has 5 heteroatoms. The van der Waals surface area contributed by atoms with E-state index in [0.29, 0.717) is 12.1 Å². The molecule has 0 aromatic heterocycles. The van der Waals surface area contributed by atoms with Crippen LogP contribution < -0.4 is 10.6 Å². The zero-order chi connectivity index (χ0) is 14.1. The highest BCUT2D eigenvalue weighted by Gasteiger charge is 2.11. The monoisotopic (exact) mass is 264 g/mol. The van der Waals surface area contributed by atoms with Crippen LogP contribution in [0, 0.1) is 0 Å². The van der Waals surface area contributed by atoms with Gasteiger partial charge < -0.3 is 15.7 Å². The van der Waals surface area contributed by atoms with Crippen molar-refractivity contribution in [1.82, 2.24) is 10.6 Å². The quantitative estimate of drug-likeness (QED) is 0.613. The molecule has 0 atom stereocenters. The molecule has 104 valence electrons. The van der Waals surface area contributed by atoms with E-state index >= 15 is 0 Å². The first-order valence-electron chi connectivity index (χ1n) is 6.43. The molecule has 5 nitrogen and oxygen atoms in total. The van der Waals surface area contributed by atoms with E-state index in [-0.39, 0.29) is 17.9 Å². The van der Waals surface area contributed by atoms with Gasteiger partial charge in [0.15, 0.2) is 0 Å². The van der Waals surface area contributed by atoms with Crippen LogP contribution in [0.5, 0.6) is 0 Å². The van der Waals surface area contributed by atoms with Gasteiger partial charge in [-0.15, -0.1) is 0 Å². The van der Waals surface area contributed by atoms with E-state index < -0.39 is 5.97 Å². The topological polar surface area (TPSA) is 78.4 Å². The van der Waals surface area contributed by atoms with Crippen molar-refractivity contribution in [1.29, 1.82) is 0 Å². The van der Waals surface area contributed by atoms with Gasteiger partial charge in [0.2, 0.25) is 5.91 Å². The summed E-state index contributed by atoms with van der Waals surface area (Å²) in [5.74, 6) is -1.15. The number of amides is 1. The van der Waals surface area contributed by atoms with Crippen LogP contribution in [0.4, 0.5) is 0 Å². The van der Waals surface area contributed by atoms with E-state index in [1.54, 1.807) is 18.2 Å². The van der Waals surface area contributed by atoms with E-state index in [2.05, 4.69) is 10.6 Å². The second-order valence-corrected chi connectivity index (χ2v) is 4.20. The predicted octanol–water partition coefficient (Wildman–Crippen LogP) is 1.04. The Morgan fingerprint density at radius 1 is 1.21 bits per heavy atom. The van der Waals surface area contributed by atoms with Crippen molar-refractivity contribution >= 4 is 11.9 Å². The number of carbonyl (C=O) groups is 2. The van der Waals surface area contributed by atoms with Crippen LogP contribution >= 0.6 is 0 Å². The average molecular weight is 264 g/mol. The number of carboxylic acids is 1. The fourth-order valence-electron chi connectivity index (χ4n) is 1.74. The maximum Gasteiger partial charge on any atom is 0.335 e. The number of hydrogen-bond donors (Lipinski definition) is 3. The lowest BCUT2D eigenvalue weighted by Crippen LogP contribution is -2.29. The first-order valence-corrected chi connectivity index (χ1v) is 6.43. The summed E-state index contributed by atoms with van der Waals surface area (Å²) in [6.07, 6.45) is 0.962. The van der Waals surface area contributed by atoms with E-state index in [9.17, 15) is 9.59 Å². The molecule has 0 radical (unpaired) electrons. The number of carboxylic acid groups (broad SMARTS) is 1. The SMILES string of the molecule is CCNCCCNC(=O)Cc1ccccc1C(=O)O. The molecule has 0 spiro atoms. The molecule has 0 unspecified atom stereocenters. The highest BCUT2D eigenvalue weighted by atomic mass is 16.4. The van der Waals surface area contributed by atoms with Crippen molar-refractivity contribution in [2.75, 3.05) is 19.6 Å². The van der Waals surface area contributed by atoms with Gasteiger partial charge in [-0.3, -0.25) is 4.79 Å². The van der Waals surface area contributed by atoms with Crippen LogP contribution in [-0.2, 0) is 11.2 Å². The molecule has 19 heavy (non-hydrogen) atoms. The van der Waals surface area contributed by atoms with Gasteiger partial charge in [0.1, 0.15) is 0 Å². The second kappa shape index (κ2) is 8.26. The summed E-state index contributed by atoms with van der Waals surface area (Å²) in [6, 6.07) is 6.57. The number of hydrogen-bond acceptors (Lipinski definition) is 3. The zero-order valence-electron chi connectivity index (χ0n) is 11.1. The van der Waals surface area contributed by atoms with Gasteiger partial charge in [0, 0.05) is 6.54 Å². The third kappa shape index (κ3) is 5.52. The highest BCUT2D eigenvalue weighted by Crippen LogP contribution is 2.09. The summed E-state index contributed by atoms with van der Waals surface area (Å²) in [7, 11) is 0. The fraction of sp³-hybridized carbons (Fsp3) is 0.429. The molecular formula is C14H20N2O3. The zero-order valence-corrected chi connectivity index (χ0v) is 11.1. The predicted molar refractivity (Wildman–Crippen MR) is 73.3 cm³/mol.